The van der Waals surface area contributed by atoms with Crippen molar-refractivity contribution in [2.45, 2.75) is 19.3 Å². The Morgan fingerprint density at radius 3 is 2.62 bits per heavy atom. The summed E-state index contributed by atoms with van der Waals surface area (Å²) in [6.45, 7) is 0.199. The predicted octanol–water partition coefficient (Wildman–Crippen LogP) is 3.73. The second-order valence-corrected chi connectivity index (χ2v) is 5.76. The monoisotopic (exact) mass is 323 g/mol. The van der Waals surface area contributed by atoms with E-state index < -0.39 is 0 Å². The number of nitrogens with zero attached hydrogens (tertiary/aromatic N) is 1. The molecule has 0 aliphatic rings. The van der Waals surface area contributed by atoms with E-state index >= 15 is 0 Å². The molecule has 1 aromatic heterocycles. The number of benzene rings is 2. The van der Waals surface area contributed by atoms with Crippen LogP contribution in [0.15, 0.2) is 54.7 Å². The summed E-state index contributed by atoms with van der Waals surface area (Å²) < 4.78 is 6.98. The SMILES string of the molecule is COC(=O)c1ccc2c(c1)c(CCCCO)cn2-c1ccccc1. The molecule has 0 unspecified atom stereocenters. The maximum atomic E-state index is 11.8. The van der Waals surface area contributed by atoms with Gasteiger partial charge in [0, 0.05) is 23.9 Å². The fraction of sp³-hybridized carbons (Fsp3) is 0.250. The molecular weight excluding hydrogens is 302 g/mol. The highest BCUT2D eigenvalue weighted by molar-refractivity contribution is 5.96. The van der Waals surface area contributed by atoms with Crippen molar-refractivity contribution in [3.63, 3.8) is 0 Å². The van der Waals surface area contributed by atoms with Gasteiger partial charge in [-0.3, -0.25) is 0 Å². The van der Waals surface area contributed by atoms with Gasteiger partial charge in [-0.1, -0.05) is 18.2 Å². The standard InChI is InChI=1S/C20H21NO3/c1-24-20(23)15-10-11-19-18(13-15)16(7-5-6-12-22)14-21(19)17-8-3-2-4-9-17/h2-4,8-11,13-14,22H,5-7,12H2,1H3. The zero-order valence-electron chi connectivity index (χ0n) is 13.7. The maximum Gasteiger partial charge on any atom is 0.337 e. The fourth-order valence-electron chi connectivity index (χ4n) is 2.97. The predicted molar refractivity (Wildman–Crippen MR) is 94.6 cm³/mol. The number of aliphatic hydroxyl groups is 1. The van der Waals surface area contributed by atoms with Crippen molar-refractivity contribution >= 4 is 16.9 Å². The third-order valence-corrected chi connectivity index (χ3v) is 4.20. The topological polar surface area (TPSA) is 51.5 Å². The number of hydrogen-bond acceptors (Lipinski definition) is 3. The largest absolute Gasteiger partial charge is 0.465 e. The minimum Gasteiger partial charge on any atom is -0.465 e. The number of unbranched alkanes of at least 4 members (excludes halogenated alkanes) is 1. The van der Waals surface area contributed by atoms with Crippen LogP contribution in [0.5, 0.6) is 0 Å². The Labute approximate surface area is 141 Å². The van der Waals surface area contributed by atoms with Crippen molar-refractivity contribution in [3.05, 3.63) is 65.9 Å². The number of esters is 1. The molecule has 0 fully saturated rings. The van der Waals surface area contributed by atoms with Crippen LogP contribution in [0.2, 0.25) is 0 Å². The molecule has 0 saturated carbocycles. The zero-order valence-corrected chi connectivity index (χ0v) is 13.7. The van der Waals surface area contributed by atoms with Crippen LogP contribution in [0.3, 0.4) is 0 Å². The molecular formula is C20H21NO3. The van der Waals surface area contributed by atoms with Crippen LogP contribution in [-0.4, -0.2) is 29.4 Å². The molecule has 0 spiro atoms. The average Bonchev–Trinajstić information content (AvgIpc) is 3.00. The molecule has 0 bridgehead atoms. The Hall–Kier alpha value is -2.59. The zero-order chi connectivity index (χ0) is 16.9. The molecule has 0 atom stereocenters. The quantitative estimate of drug-likeness (QED) is 0.555. The number of rotatable bonds is 6. The first-order valence-corrected chi connectivity index (χ1v) is 8.13. The Balaban J connectivity index is 2.10. The van der Waals surface area contributed by atoms with Crippen molar-refractivity contribution in [1.29, 1.82) is 0 Å². The van der Waals surface area contributed by atoms with E-state index in [1.165, 1.54) is 12.7 Å². The van der Waals surface area contributed by atoms with Gasteiger partial charge in [-0.15, -0.1) is 0 Å². The third kappa shape index (κ3) is 3.19. The number of methoxy groups -OCH3 is 1. The normalized spacial score (nSPS) is 10.9. The first kappa shape index (κ1) is 16.3. The highest BCUT2D eigenvalue weighted by atomic mass is 16.5. The van der Waals surface area contributed by atoms with E-state index in [9.17, 15) is 4.79 Å². The van der Waals surface area contributed by atoms with Crippen LogP contribution in [-0.2, 0) is 11.2 Å². The first-order chi connectivity index (χ1) is 11.7. The van der Waals surface area contributed by atoms with Crippen LogP contribution in [0.1, 0.15) is 28.8 Å². The number of hydrogen-bond donors (Lipinski definition) is 1. The number of fused-ring (bicyclic) bond motifs is 1. The molecule has 4 heteroatoms. The molecule has 1 N–H and O–H groups in total. The maximum absolute atomic E-state index is 11.8. The lowest BCUT2D eigenvalue weighted by Crippen LogP contribution is -2.01. The molecule has 0 aliphatic heterocycles. The molecule has 3 rings (SSSR count). The van der Waals surface area contributed by atoms with Crippen molar-refractivity contribution < 1.29 is 14.6 Å². The van der Waals surface area contributed by atoms with Crippen molar-refractivity contribution in [2.24, 2.45) is 0 Å². The molecule has 3 aromatic rings. The van der Waals surface area contributed by atoms with Gasteiger partial charge in [0.1, 0.15) is 0 Å². The van der Waals surface area contributed by atoms with Gasteiger partial charge in [0.2, 0.25) is 0 Å². The second kappa shape index (κ2) is 7.32. The lowest BCUT2D eigenvalue weighted by atomic mass is 10.1. The number of ether oxygens (including phenoxy) is 1. The number of aliphatic hydroxyl groups excluding tert-OH is 1. The lowest BCUT2D eigenvalue weighted by Gasteiger charge is -2.05. The van der Waals surface area contributed by atoms with Crippen LogP contribution < -0.4 is 0 Å². The molecule has 0 saturated heterocycles. The molecule has 0 radical (unpaired) electrons. The summed E-state index contributed by atoms with van der Waals surface area (Å²) >= 11 is 0. The summed E-state index contributed by atoms with van der Waals surface area (Å²) in [5.41, 5.74) is 3.88. The Bertz CT molecular complexity index is 837. The van der Waals surface area contributed by atoms with Crippen LogP contribution in [0, 0.1) is 0 Å². The van der Waals surface area contributed by atoms with E-state index in [1.54, 1.807) is 6.07 Å². The summed E-state index contributed by atoms with van der Waals surface area (Å²) in [7, 11) is 1.39. The highest BCUT2D eigenvalue weighted by Gasteiger charge is 2.13. The molecule has 4 nitrogen and oxygen atoms in total. The summed E-state index contributed by atoms with van der Waals surface area (Å²) in [5.74, 6) is -0.328. The molecule has 1 heterocycles. The van der Waals surface area contributed by atoms with Crippen LogP contribution in [0.25, 0.3) is 16.6 Å². The van der Waals surface area contributed by atoms with Crippen molar-refractivity contribution in [3.8, 4) is 5.69 Å². The van der Waals surface area contributed by atoms with Gasteiger partial charge >= 0.3 is 5.97 Å². The average molecular weight is 323 g/mol. The van der Waals surface area contributed by atoms with E-state index in [0.29, 0.717) is 5.56 Å². The molecule has 124 valence electrons. The van der Waals surface area contributed by atoms with Crippen molar-refractivity contribution in [1.82, 2.24) is 4.57 Å². The molecule has 2 aromatic carbocycles. The number of para-hydroxylation sites is 1. The lowest BCUT2D eigenvalue weighted by molar-refractivity contribution is 0.0601. The van der Waals surface area contributed by atoms with E-state index in [1.807, 2.05) is 30.3 Å². The summed E-state index contributed by atoms with van der Waals surface area (Å²) in [5, 5.41) is 10.1. The fourth-order valence-corrected chi connectivity index (χ4v) is 2.97. The van der Waals surface area contributed by atoms with Gasteiger partial charge in [-0.05, 0) is 55.2 Å². The number of carbonyl (C=O) groups is 1. The number of aromatic nitrogens is 1. The van der Waals surface area contributed by atoms with Gasteiger partial charge in [-0.25, -0.2) is 4.79 Å². The number of carbonyl (C=O) groups excluding carboxylic acids is 1. The van der Waals surface area contributed by atoms with E-state index in [0.717, 1.165) is 35.9 Å². The van der Waals surface area contributed by atoms with Gasteiger partial charge in [0.05, 0.1) is 18.2 Å². The second-order valence-electron chi connectivity index (χ2n) is 5.76. The minimum atomic E-state index is -0.328. The van der Waals surface area contributed by atoms with E-state index in [4.69, 9.17) is 9.84 Å². The van der Waals surface area contributed by atoms with Gasteiger partial charge in [0.15, 0.2) is 0 Å². The molecule has 0 amide bonds. The van der Waals surface area contributed by atoms with E-state index in [-0.39, 0.29) is 12.6 Å². The first-order valence-electron chi connectivity index (χ1n) is 8.13. The highest BCUT2D eigenvalue weighted by Crippen LogP contribution is 2.27. The Kier molecular flexibility index (Phi) is 4.96. The third-order valence-electron chi connectivity index (χ3n) is 4.20. The molecule has 24 heavy (non-hydrogen) atoms. The van der Waals surface area contributed by atoms with Crippen LogP contribution in [0.4, 0.5) is 0 Å². The smallest absolute Gasteiger partial charge is 0.337 e. The van der Waals surface area contributed by atoms with Gasteiger partial charge in [0.25, 0.3) is 0 Å². The summed E-state index contributed by atoms with van der Waals surface area (Å²) in [4.78, 5) is 11.8. The molecule has 0 aliphatic carbocycles. The van der Waals surface area contributed by atoms with Gasteiger partial charge in [-0.2, -0.15) is 0 Å². The minimum absolute atomic E-state index is 0.199. The van der Waals surface area contributed by atoms with Crippen molar-refractivity contribution in [2.75, 3.05) is 13.7 Å². The summed E-state index contributed by atoms with van der Waals surface area (Å²) in [6, 6.07) is 15.8. The summed E-state index contributed by atoms with van der Waals surface area (Å²) in [6.07, 6.45) is 4.67. The Morgan fingerprint density at radius 2 is 1.92 bits per heavy atom. The van der Waals surface area contributed by atoms with E-state index in [2.05, 4.69) is 22.9 Å². The van der Waals surface area contributed by atoms with Gasteiger partial charge < -0.3 is 14.4 Å². The Morgan fingerprint density at radius 1 is 1.12 bits per heavy atom. The van der Waals surface area contributed by atoms with Crippen LogP contribution >= 0.6 is 0 Å². The number of aryl methyl sites for hydroxylation is 1.